The van der Waals surface area contributed by atoms with Gasteiger partial charge in [0.05, 0.1) is 38.1 Å². The molecule has 1 aliphatic rings. The number of carbonyl (C=O) groups is 1. The summed E-state index contributed by atoms with van der Waals surface area (Å²) >= 11 is 0. The summed E-state index contributed by atoms with van der Waals surface area (Å²) in [5.74, 6) is 1.43. The maximum absolute atomic E-state index is 13.2. The molecule has 0 unspecified atom stereocenters. The Morgan fingerprint density at radius 2 is 2.00 bits per heavy atom. The van der Waals surface area contributed by atoms with Crippen molar-refractivity contribution in [2.24, 2.45) is 0 Å². The third-order valence-electron chi connectivity index (χ3n) is 4.61. The molecule has 3 aromatic rings. The average Bonchev–Trinajstić information content (AvgIpc) is 3.27. The molecule has 1 N–H and O–H groups in total. The summed E-state index contributed by atoms with van der Waals surface area (Å²) in [7, 11) is 3.05. The quantitative estimate of drug-likeness (QED) is 0.721. The molecule has 0 aliphatic carbocycles. The minimum absolute atomic E-state index is 0.160. The molecule has 0 spiro atoms. The molecule has 2 aromatic carbocycles. The number of fused-ring (bicyclic) bond motifs is 1. The second-order valence-electron chi connectivity index (χ2n) is 6.18. The Hall–Kier alpha value is -3.62. The lowest BCUT2D eigenvalue weighted by atomic mass is 10.00. The number of aromatic nitrogens is 4. The molecule has 0 saturated heterocycles. The highest BCUT2D eigenvalue weighted by Gasteiger charge is 2.25. The normalized spacial score (nSPS) is 15.3. The van der Waals surface area contributed by atoms with Gasteiger partial charge in [-0.05, 0) is 22.6 Å². The Balaban J connectivity index is 1.71. The fourth-order valence-electron chi connectivity index (χ4n) is 3.24. The van der Waals surface area contributed by atoms with Crippen molar-refractivity contribution in [1.29, 1.82) is 0 Å². The van der Waals surface area contributed by atoms with Crippen molar-refractivity contribution in [3.8, 4) is 22.9 Å². The van der Waals surface area contributed by atoms with E-state index in [1.807, 2.05) is 24.3 Å². The van der Waals surface area contributed by atoms with E-state index in [4.69, 9.17) is 14.2 Å². The van der Waals surface area contributed by atoms with Crippen LogP contribution in [0.4, 0.5) is 0 Å². The Kier molecular flexibility index (Phi) is 4.79. The van der Waals surface area contributed by atoms with Crippen LogP contribution in [0.5, 0.6) is 17.2 Å². The largest absolute Gasteiger partial charge is 0.493 e. The minimum atomic E-state index is -0.270. The van der Waals surface area contributed by atoms with Gasteiger partial charge in [-0.15, -0.1) is 5.10 Å². The second-order valence-corrected chi connectivity index (χ2v) is 6.18. The van der Waals surface area contributed by atoms with Gasteiger partial charge in [-0.25, -0.2) is 0 Å². The highest BCUT2D eigenvalue weighted by atomic mass is 16.5. The smallest absolute Gasteiger partial charge is 0.254 e. The molecule has 4 rings (SSSR count). The van der Waals surface area contributed by atoms with E-state index in [2.05, 4.69) is 20.8 Å². The van der Waals surface area contributed by atoms with Crippen molar-refractivity contribution in [3.05, 3.63) is 53.9 Å². The van der Waals surface area contributed by atoms with Gasteiger partial charge in [-0.3, -0.25) is 4.79 Å². The van der Waals surface area contributed by atoms with Crippen LogP contribution in [0.3, 0.4) is 0 Å². The van der Waals surface area contributed by atoms with Crippen LogP contribution < -0.4 is 19.5 Å². The topological polar surface area (TPSA) is 100 Å². The lowest BCUT2D eigenvalue weighted by Crippen LogP contribution is -2.32. The fourth-order valence-corrected chi connectivity index (χ4v) is 3.24. The molecule has 1 aliphatic heterocycles. The van der Waals surface area contributed by atoms with Gasteiger partial charge >= 0.3 is 0 Å². The zero-order valence-electron chi connectivity index (χ0n) is 15.5. The van der Waals surface area contributed by atoms with E-state index >= 15 is 0 Å². The average molecular weight is 381 g/mol. The van der Waals surface area contributed by atoms with Crippen molar-refractivity contribution in [2.45, 2.75) is 12.5 Å². The molecule has 9 heteroatoms. The summed E-state index contributed by atoms with van der Waals surface area (Å²) in [6.07, 6.45) is 2.10. The molecule has 0 radical (unpaired) electrons. The van der Waals surface area contributed by atoms with Crippen LogP contribution >= 0.6 is 0 Å². The number of nitrogens with zero attached hydrogens (tertiary/aromatic N) is 4. The first kappa shape index (κ1) is 17.8. The molecule has 1 amide bonds. The van der Waals surface area contributed by atoms with Crippen LogP contribution in [0, 0.1) is 0 Å². The monoisotopic (exact) mass is 381 g/mol. The number of carbonyl (C=O) groups excluding carboxylic acids is 1. The Morgan fingerprint density at radius 3 is 2.75 bits per heavy atom. The van der Waals surface area contributed by atoms with E-state index < -0.39 is 0 Å². The van der Waals surface area contributed by atoms with Gasteiger partial charge in [0.25, 0.3) is 5.91 Å². The van der Waals surface area contributed by atoms with Gasteiger partial charge < -0.3 is 19.5 Å². The van der Waals surface area contributed by atoms with Crippen molar-refractivity contribution < 1.29 is 19.0 Å². The molecule has 9 nitrogen and oxygen atoms in total. The van der Waals surface area contributed by atoms with E-state index in [0.717, 1.165) is 11.3 Å². The molecule has 0 saturated carbocycles. The number of para-hydroxylation sites is 1. The van der Waals surface area contributed by atoms with Crippen molar-refractivity contribution in [1.82, 2.24) is 25.5 Å². The molecule has 2 heterocycles. The molecule has 0 fully saturated rings. The van der Waals surface area contributed by atoms with E-state index in [-0.39, 0.29) is 11.9 Å². The number of nitrogens with one attached hydrogen (secondary N) is 1. The third kappa shape index (κ3) is 3.22. The number of amides is 1. The van der Waals surface area contributed by atoms with E-state index in [1.165, 1.54) is 25.2 Å². The van der Waals surface area contributed by atoms with Gasteiger partial charge in [0.15, 0.2) is 11.5 Å². The van der Waals surface area contributed by atoms with Crippen LogP contribution in [-0.4, -0.2) is 46.9 Å². The van der Waals surface area contributed by atoms with E-state index in [1.54, 1.807) is 12.1 Å². The molecule has 0 bridgehead atoms. The third-order valence-corrected chi connectivity index (χ3v) is 4.61. The number of hydrogen-bond donors (Lipinski definition) is 1. The van der Waals surface area contributed by atoms with Crippen LogP contribution in [0.2, 0.25) is 0 Å². The van der Waals surface area contributed by atoms with Crippen molar-refractivity contribution >= 4 is 5.91 Å². The predicted octanol–water partition coefficient (Wildman–Crippen LogP) is 1.93. The molecule has 1 atom stereocenters. The van der Waals surface area contributed by atoms with Gasteiger partial charge in [0.2, 0.25) is 0 Å². The van der Waals surface area contributed by atoms with Crippen LogP contribution in [0.15, 0.2) is 42.7 Å². The van der Waals surface area contributed by atoms with Crippen molar-refractivity contribution in [3.63, 3.8) is 0 Å². The first-order chi connectivity index (χ1) is 13.7. The molecule has 1 aromatic heterocycles. The SMILES string of the molecule is COc1cc(C(=O)N[C@H]2CCOc3ccccc32)c(-n2cnnn2)cc1OC. The number of tetrazole rings is 1. The first-order valence-electron chi connectivity index (χ1n) is 8.73. The fraction of sp³-hybridized carbons (Fsp3) is 0.263. The number of rotatable bonds is 5. The summed E-state index contributed by atoms with van der Waals surface area (Å²) in [6.45, 7) is 0.535. The Bertz CT molecular complexity index is 990. The van der Waals surface area contributed by atoms with Gasteiger partial charge in [0.1, 0.15) is 12.1 Å². The van der Waals surface area contributed by atoms with Gasteiger partial charge in [0, 0.05) is 18.1 Å². The lowest BCUT2D eigenvalue weighted by Gasteiger charge is -2.27. The zero-order chi connectivity index (χ0) is 19.5. The lowest BCUT2D eigenvalue weighted by molar-refractivity contribution is 0.0924. The van der Waals surface area contributed by atoms with Crippen LogP contribution in [0.25, 0.3) is 5.69 Å². The first-order valence-corrected chi connectivity index (χ1v) is 8.73. The predicted molar refractivity (Wildman–Crippen MR) is 99.0 cm³/mol. The Labute approximate surface area is 161 Å². The van der Waals surface area contributed by atoms with Crippen molar-refractivity contribution in [2.75, 3.05) is 20.8 Å². The van der Waals surface area contributed by atoms with E-state index in [0.29, 0.717) is 35.8 Å². The zero-order valence-corrected chi connectivity index (χ0v) is 15.5. The number of ether oxygens (including phenoxy) is 3. The molecule has 28 heavy (non-hydrogen) atoms. The number of hydrogen-bond acceptors (Lipinski definition) is 7. The molecule has 144 valence electrons. The summed E-state index contributed by atoms with van der Waals surface area (Å²) in [5.41, 5.74) is 1.81. The second kappa shape index (κ2) is 7.55. The van der Waals surface area contributed by atoms with E-state index in [9.17, 15) is 4.79 Å². The summed E-state index contributed by atoms with van der Waals surface area (Å²) in [4.78, 5) is 13.2. The van der Waals surface area contributed by atoms with Gasteiger partial charge in [-0.2, -0.15) is 4.68 Å². The standard InChI is InChI=1S/C19H19N5O4/c1-26-17-9-13(15(10-18(17)27-2)24-11-20-22-23-24)19(25)21-14-7-8-28-16-6-4-3-5-12(14)16/h3-6,9-11,14H,7-8H2,1-2H3,(H,21,25)/t14-/m0/s1. The number of benzene rings is 2. The maximum Gasteiger partial charge on any atom is 0.254 e. The maximum atomic E-state index is 13.2. The highest BCUT2D eigenvalue weighted by Crippen LogP contribution is 2.34. The Morgan fingerprint density at radius 1 is 1.21 bits per heavy atom. The van der Waals surface area contributed by atoms with Crippen LogP contribution in [-0.2, 0) is 0 Å². The van der Waals surface area contributed by atoms with Gasteiger partial charge in [-0.1, -0.05) is 18.2 Å². The molecular formula is C19H19N5O4. The summed E-state index contributed by atoms with van der Waals surface area (Å²) < 4.78 is 17.8. The van der Waals surface area contributed by atoms with Crippen LogP contribution in [0.1, 0.15) is 28.4 Å². The summed E-state index contributed by atoms with van der Waals surface area (Å²) in [6, 6.07) is 10.8. The minimum Gasteiger partial charge on any atom is -0.493 e. The highest BCUT2D eigenvalue weighted by molar-refractivity contribution is 5.99. The number of methoxy groups -OCH3 is 2. The summed E-state index contributed by atoms with van der Waals surface area (Å²) in [5, 5.41) is 14.3. The molecular weight excluding hydrogens is 362 g/mol.